The van der Waals surface area contributed by atoms with Gasteiger partial charge in [0.15, 0.2) is 0 Å². The third kappa shape index (κ3) is 4420. The third-order valence-corrected chi connectivity index (χ3v) is 0. The molecule has 16 heteroatoms. The fourth-order valence-electron chi connectivity index (χ4n) is 0. The Labute approximate surface area is 139 Å². The Morgan fingerprint density at radius 1 is 0.444 bits per heavy atom. The van der Waals surface area contributed by atoms with E-state index in [1.807, 2.05) is 13.8 Å². The number of rotatable bonds is 0. The van der Waals surface area contributed by atoms with E-state index in [1.165, 1.54) is 0 Å². The molecule has 0 fully saturated rings. The molecule has 0 aliphatic heterocycles. The molecule has 0 aromatic heterocycles. The Kier molecular flexibility index (Phi) is 25.1. The Bertz CT molecular complexity index is 106. The van der Waals surface area contributed by atoms with Gasteiger partial charge in [0, 0.05) is 0 Å². The van der Waals surface area contributed by atoms with Crippen molar-refractivity contribution in [2.45, 2.75) is 13.8 Å². The van der Waals surface area contributed by atoms with Crippen molar-refractivity contribution in [1.82, 2.24) is 0 Å². The summed E-state index contributed by atoms with van der Waals surface area (Å²) in [5.41, 5.74) is 0. The van der Waals surface area contributed by atoms with Gasteiger partial charge in [-0.2, -0.15) is 0 Å². The van der Waals surface area contributed by atoms with Crippen LogP contribution in [0.3, 0.4) is 0 Å². The topological polar surface area (TPSA) is 0 Å². The Morgan fingerprint density at radius 2 is 0.444 bits per heavy atom. The zero-order chi connectivity index (χ0) is 15.5. The molecule has 0 amide bonds. The standard InChI is InChI=1S/C2H6.3BF4.K.H/c1-2;3*2-1(3,4)5;;/h1-2H3;;;;;/q;3*-1;+1;-1. The van der Waals surface area contributed by atoms with E-state index in [0.717, 1.165) is 0 Å². The molecule has 0 saturated carbocycles. The summed E-state index contributed by atoms with van der Waals surface area (Å²) in [4.78, 5) is 0. The van der Waals surface area contributed by atoms with Crippen molar-refractivity contribution < 1.29 is 105 Å². The van der Waals surface area contributed by atoms with Gasteiger partial charge in [0.2, 0.25) is 0 Å². The first-order valence-electron chi connectivity index (χ1n) is 3.62. The molecular weight excluding hydrogens is 324 g/mol. The van der Waals surface area contributed by atoms with Crippen LogP contribution in [0, 0.1) is 0 Å². The SMILES string of the molecule is CC.F[B-](F)(F)F.F[B-](F)(F)F.F[B-](F)(F)F.[H-].[K+]. The van der Waals surface area contributed by atoms with Crippen molar-refractivity contribution in [3.63, 3.8) is 0 Å². The maximum absolute atomic E-state index is 9.75. The maximum atomic E-state index is 9.75. The Hall–Kier alpha value is 0.991. The van der Waals surface area contributed by atoms with Gasteiger partial charge in [-0.25, -0.2) is 0 Å². The second-order valence-electron chi connectivity index (χ2n) is 1.48. The summed E-state index contributed by atoms with van der Waals surface area (Å²) in [7, 11) is -18.0. The van der Waals surface area contributed by atoms with E-state index in [9.17, 15) is 51.8 Å². The summed E-state index contributed by atoms with van der Waals surface area (Å²) in [6.45, 7) is 4.00. The van der Waals surface area contributed by atoms with E-state index in [0.29, 0.717) is 0 Å². The van der Waals surface area contributed by atoms with Gasteiger partial charge in [-0.1, -0.05) is 13.8 Å². The molecule has 112 valence electrons. The smallest absolute Gasteiger partial charge is 1.00 e. The number of halogens is 12. The molecule has 0 aliphatic rings. The summed E-state index contributed by atoms with van der Waals surface area (Å²) in [5.74, 6) is 0. The van der Waals surface area contributed by atoms with Crippen LogP contribution in [0.2, 0.25) is 0 Å². The summed E-state index contributed by atoms with van der Waals surface area (Å²) in [6, 6.07) is 0. The molecule has 0 spiro atoms. The van der Waals surface area contributed by atoms with Crippen LogP contribution in [-0.2, 0) is 0 Å². The first-order chi connectivity index (χ1) is 7.00. The molecule has 0 unspecified atom stereocenters. The second kappa shape index (κ2) is 14.4. The number of hydrogen-bond acceptors (Lipinski definition) is 0. The van der Waals surface area contributed by atoms with Gasteiger partial charge in [0.25, 0.3) is 0 Å². The number of hydrogen-bond donors (Lipinski definition) is 0. The van der Waals surface area contributed by atoms with Gasteiger partial charge < -0.3 is 53.2 Å². The molecule has 0 radical (unpaired) electrons. The van der Waals surface area contributed by atoms with Crippen molar-refractivity contribution in [3.8, 4) is 0 Å². The average molecular weight is 331 g/mol. The van der Waals surface area contributed by atoms with Gasteiger partial charge in [0.1, 0.15) is 0 Å². The predicted octanol–water partition coefficient (Wildman–Crippen LogP) is 2.04. The monoisotopic (exact) mass is 331 g/mol. The van der Waals surface area contributed by atoms with E-state index in [-0.39, 0.29) is 52.8 Å². The van der Waals surface area contributed by atoms with Gasteiger partial charge in [-0.05, 0) is 0 Å². The van der Waals surface area contributed by atoms with E-state index in [1.54, 1.807) is 0 Å². The van der Waals surface area contributed by atoms with Crippen LogP contribution in [0.15, 0.2) is 0 Å². The van der Waals surface area contributed by atoms with Crippen molar-refractivity contribution in [3.05, 3.63) is 0 Å². The minimum Gasteiger partial charge on any atom is -1.00 e. The molecule has 18 heavy (non-hydrogen) atoms. The zero-order valence-corrected chi connectivity index (χ0v) is 12.4. The zero-order valence-electron chi connectivity index (χ0n) is 10.3. The Morgan fingerprint density at radius 3 is 0.444 bits per heavy atom. The van der Waals surface area contributed by atoms with Crippen LogP contribution in [0.1, 0.15) is 15.3 Å². The molecule has 0 rings (SSSR count). The summed E-state index contributed by atoms with van der Waals surface area (Å²) in [6.07, 6.45) is 0. The van der Waals surface area contributed by atoms with Crippen LogP contribution < -0.4 is 51.4 Å². The fourth-order valence-corrected chi connectivity index (χ4v) is 0. The van der Waals surface area contributed by atoms with Gasteiger partial charge >= 0.3 is 73.1 Å². The fraction of sp³-hybridized carbons (Fsp3) is 1.00. The molecule has 0 aromatic carbocycles. The Balaban J connectivity index is -0.0000000298. The van der Waals surface area contributed by atoms with Gasteiger partial charge in [-0.15, -0.1) is 0 Å². The summed E-state index contributed by atoms with van der Waals surface area (Å²) >= 11 is 0. The molecule has 0 heterocycles. The summed E-state index contributed by atoms with van der Waals surface area (Å²) < 4.78 is 117. The molecule has 0 bridgehead atoms. The first kappa shape index (κ1) is 31.4. The second-order valence-corrected chi connectivity index (χ2v) is 1.48. The van der Waals surface area contributed by atoms with Crippen molar-refractivity contribution in [2.24, 2.45) is 0 Å². The predicted molar refractivity (Wildman–Crippen MR) is 43.0 cm³/mol. The molecule has 0 aromatic rings. The van der Waals surface area contributed by atoms with E-state index in [2.05, 4.69) is 0 Å². The molecule has 0 aliphatic carbocycles. The van der Waals surface area contributed by atoms with Crippen LogP contribution in [0.5, 0.6) is 0 Å². The maximum Gasteiger partial charge on any atom is 1.00 e. The minimum atomic E-state index is -6.00. The molecular formula is C2H7B3F12K-3. The molecule has 0 atom stereocenters. The molecule has 0 N–H and O–H groups in total. The molecule has 0 nitrogen and oxygen atoms in total. The van der Waals surface area contributed by atoms with E-state index >= 15 is 0 Å². The third-order valence-electron chi connectivity index (χ3n) is 0. The van der Waals surface area contributed by atoms with Crippen molar-refractivity contribution in [1.29, 1.82) is 0 Å². The molecule has 0 saturated heterocycles. The van der Waals surface area contributed by atoms with E-state index < -0.39 is 21.8 Å². The summed E-state index contributed by atoms with van der Waals surface area (Å²) in [5, 5.41) is 0. The van der Waals surface area contributed by atoms with Gasteiger partial charge in [0.05, 0.1) is 0 Å². The first-order valence-corrected chi connectivity index (χ1v) is 3.62. The van der Waals surface area contributed by atoms with Crippen molar-refractivity contribution in [2.75, 3.05) is 0 Å². The minimum absolute atomic E-state index is 0. The average Bonchev–Trinajstić information content (AvgIpc) is 1.77. The van der Waals surface area contributed by atoms with Crippen LogP contribution in [0.25, 0.3) is 0 Å². The largest absolute Gasteiger partial charge is 1.00 e. The van der Waals surface area contributed by atoms with Crippen LogP contribution in [0.4, 0.5) is 51.8 Å². The van der Waals surface area contributed by atoms with Crippen LogP contribution in [-0.4, -0.2) is 21.8 Å². The van der Waals surface area contributed by atoms with Gasteiger partial charge in [-0.3, -0.25) is 0 Å². The van der Waals surface area contributed by atoms with E-state index in [4.69, 9.17) is 0 Å². The van der Waals surface area contributed by atoms with Crippen LogP contribution >= 0.6 is 0 Å². The normalized spacial score (nSPS) is 10.3. The van der Waals surface area contributed by atoms with Crippen molar-refractivity contribution >= 4 is 21.8 Å². The quantitative estimate of drug-likeness (QED) is 0.471.